The van der Waals surface area contributed by atoms with E-state index in [0.717, 1.165) is 15.0 Å². The van der Waals surface area contributed by atoms with Crippen LogP contribution in [0, 0.1) is 5.41 Å². The normalized spacial score (nSPS) is 15.6. The van der Waals surface area contributed by atoms with Gasteiger partial charge in [0, 0.05) is 0 Å². The molecule has 0 aliphatic heterocycles. The van der Waals surface area contributed by atoms with Gasteiger partial charge >= 0.3 is 146 Å². The SMILES string of the molecule is C=C(C)C(=O)[O][Ti+]([O]C(=O)C(=C)C)[C]1=C(C)C(C)=C(C)C1(C)C.[Cl-]. The average molecular weight is 389 g/mol. The molecule has 1 aliphatic carbocycles. The fraction of sp³-hybridized carbons (Fsp3) is 0.444. The monoisotopic (exact) mass is 388 g/mol. The molecule has 0 heterocycles. The van der Waals surface area contributed by atoms with Crippen LogP contribution in [-0.2, 0) is 34.9 Å². The first kappa shape index (κ1) is 22.9. The van der Waals surface area contributed by atoms with Gasteiger partial charge in [0.25, 0.3) is 0 Å². The molecule has 0 aromatic rings. The van der Waals surface area contributed by atoms with Gasteiger partial charge in [0.1, 0.15) is 0 Å². The summed E-state index contributed by atoms with van der Waals surface area (Å²) < 4.78 is 12.1. The Labute approximate surface area is 157 Å². The molecular weight excluding hydrogens is 364 g/mol. The van der Waals surface area contributed by atoms with Gasteiger partial charge in [-0.15, -0.1) is 0 Å². The molecule has 0 spiro atoms. The van der Waals surface area contributed by atoms with E-state index in [1.807, 2.05) is 13.8 Å². The number of hydrogen-bond donors (Lipinski definition) is 0. The first-order valence-electron chi connectivity index (χ1n) is 7.43. The van der Waals surface area contributed by atoms with Gasteiger partial charge in [-0.1, -0.05) is 0 Å². The minimum Gasteiger partial charge on any atom is -1.00 e. The average Bonchev–Trinajstić information content (AvgIpc) is 2.58. The molecule has 1 aliphatic rings. The second-order valence-electron chi connectivity index (χ2n) is 6.50. The predicted octanol–water partition coefficient (Wildman–Crippen LogP) is 1.33. The van der Waals surface area contributed by atoms with Gasteiger partial charge in [-0.25, -0.2) is 0 Å². The zero-order chi connectivity index (χ0) is 18.1. The Morgan fingerprint density at radius 3 is 1.54 bits per heavy atom. The van der Waals surface area contributed by atoms with E-state index in [-0.39, 0.29) is 29.0 Å². The molecule has 0 saturated heterocycles. The van der Waals surface area contributed by atoms with Crippen LogP contribution in [0.2, 0.25) is 0 Å². The maximum Gasteiger partial charge on any atom is -1.00 e. The zero-order valence-corrected chi connectivity index (χ0v) is 17.7. The Bertz CT molecular complexity index is 628. The number of carbonyl (C=O) groups excluding carboxylic acids is 2. The maximum absolute atomic E-state index is 12.0. The second-order valence-corrected chi connectivity index (χ2v) is 8.82. The van der Waals surface area contributed by atoms with Crippen molar-refractivity contribution in [3.8, 4) is 0 Å². The molecule has 0 aromatic carbocycles. The largest absolute Gasteiger partial charge is 1.00 e. The van der Waals surface area contributed by atoms with Gasteiger partial charge in [0.05, 0.1) is 0 Å². The minimum atomic E-state index is -3.09. The maximum atomic E-state index is 12.0. The molecule has 0 N–H and O–H groups in total. The molecule has 0 atom stereocenters. The van der Waals surface area contributed by atoms with Crippen LogP contribution in [0.4, 0.5) is 0 Å². The first-order chi connectivity index (χ1) is 10.4. The summed E-state index contributed by atoms with van der Waals surface area (Å²) in [5, 5.41) is 0. The van der Waals surface area contributed by atoms with Crippen molar-refractivity contribution in [2.24, 2.45) is 5.41 Å². The number of hydrogen-bond acceptors (Lipinski definition) is 4. The van der Waals surface area contributed by atoms with Crippen LogP contribution in [0.15, 0.2) is 44.9 Å². The molecule has 6 heteroatoms. The van der Waals surface area contributed by atoms with Gasteiger partial charge in [-0.05, 0) is 0 Å². The van der Waals surface area contributed by atoms with Crippen LogP contribution < -0.4 is 12.4 Å². The van der Waals surface area contributed by atoms with E-state index in [4.69, 9.17) is 6.64 Å². The van der Waals surface area contributed by atoms with E-state index in [0.29, 0.717) is 0 Å². The van der Waals surface area contributed by atoms with Crippen molar-refractivity contribution < 1.29 is 47.3 Å². The third-order valence-electron chi connectivity index (χ3n) is 4.33. The van der Waals surface area contributed by atoms with Crippen molar-refractivity contribution >= 4 is 11.9 Å². The predicted molar refractivity (Wildman–Crippen MR) is 86.7 cm³/mol. The molecule has 0 aromatic heterocycles. The summed E-state index contributed by atoms with van der Waals surface area (Å²) in [6, 6.07) is 0. The summed E-state index contributed by atoms with van der Waals surface area (Å²) in [7, 11) is 0. The summed E-state index contributed by atoms with van der Waals surface area (Å²) >= 11 is -3.09. The summed E-state index contributed by atoms with van der Waals surface area (Å²) in [5.74, 6) is -1.04. The molecule has 24 heavy (non-hydrogen) atoms. The third-order valence-corrected chi connectivity index (χ3v) is 7.69. The van der Waals surface area contributed by atoms with Crippen LogP contribution in [-0.4, -0.2) is 11.9 Å². The Hall–Kier alpha value is -1.10. The summed E-state index contributed by atoms with van der Waals surface area (Å²) in [6.07, 6.45) is 0. The van der Waals surface area contributed by atoms with Gasteiger partial charge in [0.2, 0.25) is 0 Å². The van der Waals surface area contributed by atoms with Crippen LogP contribution in [0.25, 0.3) is 0 Å². The standard InChI is InChI=1S/C10H15.2C4H6O2.ClH.Ti/c1-7-6-10(4,5)9(3)8(7)2;2*1-3(2)4(5)6;;/h1-5H3;2*1H2,2H3,(H,5,6);1H;/q;;;;+3/p-3. The Morgan fingerprint density at radius 1 is 0.917 bits per heavy atom. The quantitative estimate of drug-likeness (QED) is 0.527. The van der Waals surface area contributed by atoms with Gasteiger partial charge in [-0.2, -0.15) is 0 Å². The van der Waals surface area contributed by atoms with Crippen LogP contribution in [0.5, 0.6) is 0 Å². The third kappa shape index (κ3) is 4.50. The fourth-order valence-electron chi connectivity index (χ4n) is 2.47. The van der Waals surface area contributed by atoms with Crippen molar-refractivity contribution in [2.75, 3.05) is 0 Å². The topological polar surface area (TPSA) is 52.6 Å². The van der Waals surface area contributed by atoms with Gasteiger partial charge < -0.3 is 12.4 Å². The fourth-order valence-corrected chi connectivity index (χ4v) is 5.78. The molecule has 0 saturated carbocycles. The Kier molecular flexibility index (Phi) is 7.95. The Morgan fingerprint density at radius 2 is 1.29 bits per heavy atom. The van der Waals surface area contributed by atoms with E-state index in [2.05, 4.69) is 33.9 Å². The molecule has 0 unspecified atom stereocenters. The number of rotatable bonds is 5. The van der Waals surface area contributed by atoms with Crippen LogP contribution in [0.1, 0.15) is 48.5 Å². The van der Waals surface area contributed by atoms with E-state index in [1.54, 1.807) is 13.8 Å². The van der Waals surface area contributed by atoms with E-state index < -0.39 is 30.6 Å². The van der Waals surface area contributed by atoms with Crippen molar-refractivity contribution in [3.05, 3.63) is 44.9 Å². The molecule has 132 valence electrons. The van der Waals surface area contributed by atoms with Crippen LogP contribution in [0.3, 0.4) is 0 Å². The van der Waals surface area contributed by atoms with Crippen LogP contribution >= 0.6 is 0 Å². The molecule has 0 fully saturated rings. The second kappa shape index (κ2) is 8.33. The van der Waals surface area contributed by atoms with E-state index in [1.165, 1.54) is 5.57 Å². The molecule has 4 nitrogen and oxygen atoms in total. The van der Waals surface area contributed by atoms with E-state index >= 15 is 0 Å². The molecule has 0 amide bonds. The molecular formula is C18H25ClO4Ti. The number of halogens is 1. The van der Waals surface area contributed by atoms with Crippen molar-refractivity contribution in [1.82, 2.24) is 0 Å². The number of allylic oxidation sites excluding steroid dienone is 4. The smallest absolute Gasteiger partial charge is 1.00 e. The summed E-state index contributed by atoms with van der Waals surface area (Å²) in [5.41, 5.74) is 3.69. The summed E-state index contributed by atoms with van der Waals surface area (Å²) in [4.78, 5) is 24.0. The Balaban J connectivity index is 0.00000529. The minimum absolute atomic E-state index is 0. The first-order valence-corrected chi connectivity index (χ1v) is 9.49. The molecule has 1 rings (SSSR count). The van der Waals surface area contributed by atoms with Gasteiger partial charge in [0.15, 0.2) is 0 Å². The van der Waals surface area contributed by atoms with Crippen molar-refractivity contribution in [3.63, 3.8) is 0 Å². The zero-order valence-electron chi connectivity index (χ0n) is 15.4. The summed E-state index contributed by atoms with van der Waals surface area (Å²) in [6.45, 7) is 20.6. The number of carbonyl (C=O) groups is 2. The van der Waals surface area contributed by atoms with E-state index in [9.17, 15) is 9.59 Å². The van der Waals surface area contributed by atoms with Gasteiger partial charge in [-0.3, -0.25) is 0 Å². The van der Waals surface area contributed by atoms with Crippen molar-refractivity contribution in [1.29, 1.82) is 0 Å². The molecule has 0 bridgehead atoms. The molecule has 0 radical (unpaired) electrons. The van der Waals surface area contributed by atoms with Crippen molar-refractivity contribution in [2.45, 2.75) is 48.5 Å².